The lowest BCUT2D eigenvalue weighted by Crippen LogP contribution is -2.10. The summed E-state index contributed by atoms with van der Waals surface area (Å²) in [6.07, 6.45) is 0. The Kier molecular flexibility index (Phi) is 7.18. The van der Waals surface area contributed by atoms with E-state index in [9.17, 15) is 0 Å². The first-order chi connectivity index (χ1) is 25.8. The van der Waals surface area contributed by atoms with Crippen LogP contribution in [0.3, 0.4) is 0 Å². The maximum atomic E-state index is 6.83. The third kappa shape index (κ3) is 5.04. The maximum Gasteiger partial charge on any atom is 0.143 e. The van der Waals surface area contributed by atoms with Gasteiger partial charge in [-0.2, -0.15) is 0 Å². The van der Waals surface area contributed by atoms with E-state index in [2.05, 4.69) is 205 Å². The Morgan fingerprint density at radius 2 is 0.865 bits per heavy atom. The Labute approximate surface area is 302 Å². The highest BCUT2D eigenvalue weighted by Crippen LogP contribution is 2.47. The van der Waals surface area contributed by atoms with Crippen LogP contribution in [0.15, 0.2) is 205 Å². The van der Waals surface area contributed by atoms with E-state index in [1.54, 1.807) is 0 Å². The fourth-order valence-corrected chi connectivity index (χ4v) is 7.79. The van der Waals surface area contributed by atoms with Gasteiger partial charge in [0.1, 0.15) is 11.2 Å². The van der Waals surface area contributed by atoms with Crippen LogP contribution in [-0.2, 0) is 0 Å². The molecule has 0 aliphatic rings. The Morgan fingerprint density at radius 3 is 1.52 bits per heavy atom. The normalized spacial score (nSPS) is 11.5. The van der Waals surface area contributed by atoms with E-state index in [4.69, 9.17) is 4.42 Å². The molecule has 244 valence electrons. The molecule has 2 heteroatoms. The molecule has 1 aromatic heterocycles. The van der Waals surface area contributed by atoms with Crippen molar-refractivity contribution in [2.45, 2.75) is 0 Å². The second-order valence-corrected chi connectivity index (χ2v) is 13.3. The molecule has 10 aromatic rings. The van der Waals surface area contributed by atoms with Gasteiger partial charge in [0.2, 0.25) is 0 Å². The first kappa shape index (κ1) is 30.0. The number of nitrogens with zero attached hydrogens (tertiary/aromatic N) is 1. The molecule has 0 spiro atoms. The topological polar surface area (TPSA) is 16.4 Å². The van der Waals surface area contributed by atoms with Crippen molar-refractivity contribution in [2.75, 3.05) is 4.90 Å². The average molecular weight is 664 g/mol. The van der Waals surface area contributed by atoms with Gasteiger partial charge in [0.15, 0.2) is 0 Å². The summed E-state index contributed by atoms with van der Waals surface area (Å²) >= 11 is 0. The fourth-order valence-electron chi connectivity index (χ4n) is 7.79. The van der Waals surface area contributed by atoms with Crippen molar-refractivity contribution in [3.05, 3.63) is 200 Å². The molecule has 0 aliphatic carbocycles. The Hall–Kier alpha value is -6.90. The minimum absolute atomic E-state index is 0.861. The molecule has 0 amide bonds. The van der Waals surface area contributed by atoms with Gasteiger partial charge in [0.05, 0.1) is 11.1 Å². The van der Waals surface area contributed by atoms with Gasteiger partial charge in [-0.15, -0.1) is 0 Å². The van der Waals surface area contributed by atoms with Crippen molar-refractivity contribution < 1.29 is 4.42 Å². The van der Waals surface area contributed by atoms with Crippen molar-refractivity contribution in [3.63, 3.8) is 0 Å². The quantitative estimate of drug-likeness (QED) is 0.176. The van der Waals surface area contributed by atoms with Gasteiger partial charge in [0, 0.05) is 22.1 Å². The Balaban J connectivity index is 1.22. The second-order valence-electron chi connectivity index (χ2n) is 13.3. The summed E-state index contributed by atoms with van der Waals surface area (Å²) in [6, 6.07) is 71.5. The maximum absolute atomic E-state index is 6.83. The van der Waals surface area contributed by atoms with E-state index < -0.39 is 0 Å². The number of anilines is 3. The van der Waals surface area contributed by atoms with Crippen LogP contribution in [0.2, 0.25) is 0 Å². The summed E-state index contributed by atoms with van der Waals surface area (Å²) in [5.74, 6) is 0. The third-order valence-electron chi connectivity index (χ3n) is 10.3. The Morgan fingerprint density at radius 1 is 0.346 bits per heavy atom. The molecule has 9 aromatic carbocycles. The zero-order valence-electron chi connectivity index (χ0n) is 28.4. The van der Waals surface area contributed by atoms with Gasteiger partial charge in [-0.25, -0.2) is 0 Å². The number of hydrogen-bond donors (Lipinski definition) is 0. The van der Waals surface area contributed by atoms with Crippen LogP contribution < -0.4 is 4.90 Å². The highest BCUT2D eigenvalue weighted by atomic mass is 16.3. The molecule has 0 saturated carbocycles. The molecule has 0 atom stereocenters. The summed E-state index contributed by atoms with van der Waals surface area (Å²) in [5.41, 5.74) is 12.1. The van der Waals surface area contributed by atoms with Crippen LogP contribution in [0.5, 0.6) is 0 Å². The number of benzene rings is 9. The van der Waals surface area contributed by atoms with Gasteiger partial charge >= 0.3 is 0 Å². The van der Waals surface area contributed by atoms with E-state index in [0.717, 1.165) is 44.4 Å². The molecule has 0 aliphatic heterocycles. The van der Waals surface area contributed by atoms with E-state index >= 15 is 0 Å². The minimum atomic E-state index is 0.861. The lowest BCUT2D eigenvalue weighted by Gasteiger charge is -2.26. The predicted molar refractivity (Wildman–Crippen MR) is 220 cm³/mol. The molecule has 0 fully saturated rings. The van der Waals surface area contributed by atoms with Crippen LogP contribution >= 0.6 is 0 Å². The first-order valence-corrected chi connectivity index (χ1v) is 17.8. The van der Waals surface area contributed by atoms with Crippen LogP contribution in [0.25, 0.3) is 76.9 Å². The SMILES string of the molecule is c1ccc(-c2ccc(N(c3ccc(-c4ccccc4)cc3)c3cccc4oc5c6ccccc6c(-c6cccc7ccccc67)cc5c34)cc2)cc1. The van der Waals surface area contributed by atoms with Gasteiger partial charge in [-0.1, -0.05) is 158 Å². The zero-order chi connectivity index (χ0) is 34.4. The first-order valence-electron chi connectivity index (χ1n) is 17.8. The predicted octanol–water partition coefficient (Wildman–Crippen LogP) is 14.4. The van der Waals surface area contributed by atoms with Crippen LogP contribution in [-0.4, -0.2) is 0 Å². The minimum Gasteiger partial charge on any atom is -0.455 e. The highest BCUT2D eigenvalue weighted by Gasteiger charge is 2.22. The van der Waals surface area contributed by atoms with Crippen molar-refractivity contribution >= 4 is 60.5 Å². The number of furan rings is 1. The largest absolute Gasteiger partial charge is 0.455 e. The van der Waals surface area contributed by atoms with Gasteiger partial charge < -0.3 is 9.32 Å². The van der Waals surface area contributed by atoms with E-state index in [1.807, 2.05) is 0 Å². The van der Waals surface area contributed by atoms with Crippen molar-refractivity contribution in [1.29, 1.82) is 0 Å². The van der Waals surface area contributed by atoms with Crippen LogP contribution in [0.1, 0.15) is 0 Å². The fraction of sp³-hybridized carbons (Fsp3) is 0. The van der Waals surface area contributed by atoms with Crippen LogP contribution in [0, 0.1) is 0 Å². The Bertz CT molecular complexity index is 2780. The second kappa shape index (κ2) is 12.5. The molecule has 10 rings (SSSR count). The molecule has 0 bridgehead atoms. The lowest BCUT2D eigenvalue weighted by molar-refractivity contribution is 0.672. The standard InChI is InChI=1S/C50H33NO/c1-3-13-34(14-4-1)36-25-29-39(30-26-36)51(40-31-27-37(28-32-40)35-15-5-2-6-16-35)47-23-12-24-48-49(47)46-33-45(43-20-9-10-21-44(43)50(46)52-48)42-22-11-18-38-17-7-8-19-41(38)42/h1-33H. The molecule has 0 N–H and O–H groups in total. The van der Waals surface area contributed by atoms with E-state index in [1.165, 1.54) is 49.5 Å². The van der Waals surface area contributed by atoms with E-state index in [0.29, 0.717) is 0 Å². The summed E-state index contributed by atoms with van der Waals surface area (Å²) < 4.78 is 6.83. The summed E-state index contributed by atoms with van der Waals surface area (Å²) in [6.45, 7) is 0. The van der Waals surface area contributed by atoms with Gasteiger partial charge in [0.25, 0.3) is 0 Å². The highest BCUT2D eigenvalue weighted by molar-refractivity contribution is 6.23. The molecule has 1 heterocycles. The molecule has 0 unspecified atom stereocenters. The molecular formula is C50H33NO. The monoisotopic (exact) mass is 663 g/mol. The third-order valence-corrected chi connectivity index (χ3v) is 10.3. The van der Waals surface area contributed by atoms with Crippen molar-refractivity contribution in [2.24, 2.45) is 0 Å². The van der Waals surface area contributed by atoms with Crippen molar-refractivity contribution in [3.8, 4) is 33.4 Å². The molecule has 0 saturated heterocycles. The number of fused-ring (bicyclic) bond motifs is 6. The smallest absolute Gasteiger partial charge is 0.143 e. The zero-order valence-corrected chi connectivity index (χ0v) is 28.4. The van der Waals surface area contributed by atoms with E-state index in [-0.39, 0.29) is 0 Å². The molecular weight excluding hydrogens is 631 g/mol. The summed E-state index contributed by atoms with van der Waals surface area (Å²) in [7, 11) is 0. The number of hydrogen-bond acceptors (Lipinski definition) is 2. The molecule has 52 heavy (non-hydrogen) atoms. The lowest BCUT2D eigenvalue weighted by atomic mass is 9.92. The van der Waals surface area contributed by atoms with Crippen molar-refractivity contribution in [1.82, 2.24) is 0 Å². The summed E-state index contributed by atoms with van der Waals surface area (Å²) in [4.78, 5) is 2.37. The van der Waals surface area contributed by atoms with Gasteiger partial charge in [-0.3, -0.25) is 0 Å². The summed E-state index contributed by atoms with van der Waals surface area (Å²) in [5, 5.41) is 6.93. The van der Waals surface area contributed by atoms with Crippen LogP contribution in [0.4, 0.5) is 17.1 Å². The molecule has 0 radical (unpaired) electrons. The van der Waals surface area contributed by atoms with Gasteiger partial charge in [-0.05, 0) is 92.0 Å². The molecule has 2 nitrogen and oxygen atoms in total. The number of rotatable bonds is 6. The average Bonchev–Trinajstić information content (AvgIpc) is 3.61.